The molecule has 1 aromatic heterocycles. The van der Waals surface area contributed by atoms with E-state index in [4.69, 9.17) is 0 Å². The van der Waals surface area contributed by atoms with Gasteiger partial charge >= 0.3 is 0 Å². The summed E-state index contributed by atoms with van der Waals surface area (Å²) in [5, 5.41) is 0. The molecule has 1 atom stereocenters. The normalized spacial score (nSPS) is 17.4. The molecule has 1 aliphatic heterocycles. The molecule has 2 aromatic rings. The van der Waals surface area contributed by atoms with E-state index in [1.54, 1.807) is 0 Å². The summed E-state index contributed by atoms with van der Waals surface area (Å²) in [6.07, 6.45) is 0.937. The van der Waals surface area contributed by atoms with Gasteiger partial charge in [0.05, 0.1) is 5.56 Å². The summed E-state index contributed by atoms with van der Waals surface area (Å²) in [6, 6.07) is 10.4. The maximum atomic E-state index is 12.9. The largest absolute Gasteiger partial charge is 0.351 e. The molecule has 1 aliphatic rings. The van der Waals surface area contributed by atoms with Gasteiger partial charge in [0.1, 0.15) is 0 Å². The highest BCUT2D eigenvalue weighted by molar-refractivity contribution is 6.08. The van der Waals surface area contributed by atoms with Gasteiger partial charge in [0, 0.05) is 30.2 Å². The zero-order valence-electron chi connectivity index (χ0n) is 12.5. The zero-order chi connectivity index (χ0) is 14.4. The maximum Gasteiger partial charge on any atom is 0.260 e. The molecule has 0 aliphatic carbocycles. The first-order valence-corrected chi connectivity index (χ1v) is 7.05. The van der Waals surface area contributed by atoms with E-state index < -0.39 is 0 Å². The molecule has 1 aromatic carbocycles. The highest BCUT2D eigenvalue weighted by Gasteiger charge is 2.32. The number of benzene rings is 1. The van der Waals surface area contributed by atoms with Crippen molar-refractivity contribution in [3.63, 3.8) is 0 Å². The minimum absolute atomic E-state index is 0.114. The Morgan fingerprint density at radius 2 is 1.95 bits per heavy atom. The van der Waals surface area contributed by atoms with Gasteiger partial charge in [0.2, 0.25) is 0 Å². The predicted octanol–water partition coefficient (Wildman–Crippen LogP) is 3.23. The molecule has 20 heavy (non-hydrogen) atoms. The van der Waals surface area contributed by atoms with Crippen molar-refractivity contribution in [3.05, 3.63) is 52.8 Å². The number of para-hydroxylation sites is 1. The second-order valence-electron chi connectivity index (χ2n) is 5.70. The fourth-order valence-corrected chi connectivity index (χ4v) is 3.08. The predicted molar refractivity (Wildman–Crippen MR) is 81.3 cm³/mol. The molecule has 0 bridgehead atoms. The Morgan fingerprint density at radius 1 is 1.25 bits per heavy atom. The van der Waals surface area contributed by atoms with E-state index in [0.29, 0.717) is 0 Å². The van der Waals surface area contributed by atoms with Crippen molar-refractivity contribution >= 4 is 11.6 Å². The van der Waals surface area contributed by atoms with Gasteiger partial charge in [-0.25, -0.2) is 0 Å². The molecule has 1 unspecified atom stereocenters. The number of rotatable bonds is 1. The molecule has 0 fully saturated rings. The third-order valence-electron chi connectivity index (χ3n) is 4.43. The molecular weight excluding hydrogens is 248 g/mol. The number of amides is 1. The summed E-state index contributed by atoms with van der Waals surface area (Å²) in [5.41, 5.74) is 5.29. The molecule has 2 heterocycles. The molecule has 0 radical (unpaired) electrons. The molecule has 0 saturated carbocycles. The smallest absolute Gasteiger partial charge is 0.260 e. The van der Waals surface area contributed by atoms with Crippen LogP contribution in [0.5, 0.6) is 0 Å². The minimum atomic E-state index is 0.114. The summed E-state index contributed by atoms with van der Waals surface area (Å²) in [5.74, 6) is 0.114. The van der Waals surface area contributed by atoms with Crippen LogP contribution in [0.2, 0.25) is 0 Å². The quantitative estimate of drug-likeness (QED) is 0.779. The van der Waals surface area contributed by atoms with E-state index in [1.165, 1.54) is 5.56 Å². The number of anilines is 1. The minimum Gasteiger partial charge on any atom is -0.351 e. The third kappa shape index (κ3) is 1.77. The fourth-order valence-electron chi connectivity index (χ4n) is 3.08. The van der Waals surface area contributed by atoms with Crippen LogP contribution in [0, 0.1) is 13.8 Å². The highest BCUT2D eigenvalue weighted by atomic mass is 16.2. The van der Waals surface area contributed by atoms with Crippen LogP contribution in [0.4, 0.5) is 5.69 Å². The lowest BCUT2D eigenvalue weighted by Gasteiger charge is -2.22. The first-order chi connectivity index (χ1) is 9.50. The average Bonchev–Trinajstić information content (AvgIpc) is 2.89. The molecule has 0 spiro atoms. The molecule has 3 nitrogen and oxygen atoms in total. The molecule has 104 valence electrons. The molecule has 3 heteroatoms. The van der Waals surface area contributed by atoms with Crippen molar-refractivity contribution < 1.29 is 4.79 Å². The van der Waals surface area contributed by atoms with Crippen LogP contribution in [-0.4, -0.2) is 16.5 Å². The number of nitrogens with zero attached hydrogens (tertiary/aromatic N) is 2. The second kappa shape index (κ2) is 4.51. The average molecular weight is 268 g/mol. The SMILES string of the molecule is Cc1cc(C(=O)N2c3ccccc3CC2C)c(C)n1C. The lowest BCUT2D eigenvalue weighted by Crippen LogP contribution is -2.35. The van der Waals surface area contributed by atoms with Gasteiger partial charge in [0.15, 0.2) is 0 Å². The Balaban J connectivity index is 2.05. The van der Waals surface area contributed by atoms with Gasteiger partial charge in [-0.05, 0) is 44.9 Å². The summed E-state index contributed by atoms with van der Waals surface area (Å²) >= 11 is 0. The van der Waals surface area contributed by atoms with Gasteiger partial charge in [-0.3, -0.25) is 4.79 Å². The lowest BCUT2D eigenvalue weighted by atomic mass is 10.1. The van der Waals surface area contributed by atoms with Gasteiger partial charge in [-0.2, -0.15) is 0 Å². The van der Waals surface area contributed by atoms with Crippen molar-refractivity contribution in [1.29, 1.82) is 0 Å². The number of carbonyl (C=O) groups excluding carboxylic acids is 1. The van der Waals surface area contributed by atoms with Crippen LogP contribution in [0.15, 0.2) is 30.3 Å². The monoisotopic (exact) mass is 268 g/mol. The van der Waals surface area contributed by atoms with Crippen molar-refractivity contribution in [2.45, 2.75) is 33.2 Å². The van der Waals surface area contributed by atoms with E-state index in [0.717, 1.165) is 29.1 Å². The van der Waals surface area contributed by atoms with Crippen LogP contribution in [0.3, 0.4) is 0 Å². The van der Waals surface area contributed by atoms with Crippen molar-refractivity contribution in [2.75, 3.05) is 4.90 Å². The summed E-state index contributed by atoms with van der Waals surface area (Å²) < 4.78 is 2.07. The number of hydrogen-bond acceptors (Lipinski definition) is 1. The van der Waals surface area contributed by atoms with Crippen LogP contribution in [-0.2, 0) is 13.5 Å². The number of aryl methyl sites for hydroxylation is 1. The summed E-state index contributed by atoms with van der Waals surface area (Å²) in [7, 11) is 2.00. The van der Waals surface area contributed by atoms with E-state index in [2.05, 4.69) is 17.6 Å². The molecular formula is C17H20N2O. The first-order valence-electron chi connectivity index (χ1n) is 7.05. The number of aromatic nitrogens is 1. The highest BCUT2D eigenvalue weighted by Crippen LogP contribution is 2.33. The number of fused-ring (bicyclic) bond motifs is 1. The molecule has 1 amide bonds. The Morgan fingerprint density at radius 3 is 2.60 bits per heavy atom. The molecule has 3 rings (SSSR count). The number of carbonyl (C=O) groups is 1. The van der Waals surface area contributed by atoms with Crippen LogP contribution in [0.25, 0.3) is 0 Å². The maximum absolute atomic E-state index is 12.9. The zero-order valence-corrected chi connectivity index (χ0v) is 12.5. The van der Waals surface area contributed by atoms with E-state index in [9.17, 15) is 4.79 Å². The van der Waals surface area contributed by atoms with Crippen molar-refractivity contribution in [3.8, 4) is 0 Å². The van der Waals surface area contributed by atoms with Crippen molar-refractivity contribution in [1.82, 2.24) is 4.57 Å². The van der Waals surface area contributed by atoms with E-state index in [1.807, 2.05) is 50.1 Å². The Bertz CT molecular complexity index is 684. The van der Waals surface area contributed by atoms with Gasteiger partial charge < -0.3 is 9.47 Å². The van der Waals surface area contributed by atoms with Crippen molar-refractivity contribution in [2.24, 2.45) is 7.05 Å². The standard InChI is InChI=1S/C17H20N2O/c1-11-10-15(13(3)18(11)4)17(20)19-12(2)9-14-7-5-6-8-16(14)19/h5-8,10,12H,9H2,1-4H3. The Labute approximate surface area is 119 Å². The van der Waals surface area contributed by atoms with Crippen LogP contribution < -0.4 is 4.90 Å². The fraction of sp³-hybridized carbons (Fsp3) is 0.353. The first kappa shape index (κ1) is 13.0. The Kier molecular flexibility index (Phi) is 2.93. The van der Waals surface area contributed by atoms with Gasteiger partial charge in [0.25, 0.3) is 5.91 Å². The lowest BCUT2D eigenvalue weighted by molar-refractivity contribution is 0.0981. The van der Waals surface area contributed by atoms with Crippen LogP contribution in [0.1, 0.15) is 34.2 Å². The Hall–Kier alpha value is -2.03. The van der Waals surface area contributed by atoms with E-state index >= 15 is 0 Å². The van der Waals surface area contributed by atoms with E-state index in [-0.39, 0.29) is 11.9 Å². The topological polar surface area (TPSA) is 25.2 Å². The third-order valence-corrected chi connectivity index (χ3v) is 4.43. The van der Waals surface area contributed by atoms with Gasteiger partial charge in [-0.1, -0.05) is 18.2 Å². The summed E-state index contributed by atoms with van der Waals surface area (Å²) in [6.45, 7) is 6.15. The molecule has 0 N–H and O–H groups in total. The summed E-state index contributed by atoms with van der Waals surface area (Å²) in [4.78, 5) is 14.9. The van der Waals surface area contributed by atoms with Gasteiger partial charge in [-0.15, -0.1) is 0 Å². The second-order valence-corrected chi connectivity index (χ2v) is 5.70. The van der Waals surface area contributed by atoms with Crippen LogP contribution >= 0.6 is 0 Å². The number of hydrogen-bond donors (Lipinski definition) is 0. The molecule has 0 saturated heterocycles.